The molecule has 0 unspecified atom stereocenters. The van der Waals surface area contributed by atoms with E-state index >= 15 is 0 Å². The first-order chi connectivity index (χ1) is 11.6. The molecule has 0 aliphatic carbocycles. The van der Waals surface area contributed by atoms with Crippen molar-refractivity contribution in [2.45, 2.75) is 6.92 Å². The van der Waals surface area contributed by atoms with Crippen LogP contribution >= 0.6 is 0 Å². The van der Waals surface area contributed by atoms with Gasteiger partial charge in [0, 0.05) is 11.1 Å². The zero-order valence-corrected chi connectivity index (χ0v) is 13.8. The highest BCUT2D eigenvalue weighted by Crippen LogP contribution is 2.38. The van der Waals surface area contributed by atoms with Gasteiger partial charge in [-0.2, -0.15) is 0 Å². The molecule has 0 spiro atoms. The van der Waals surface area contributed by atoms with Gasteiger partial charge in [-0.15, -0.1) is 0 Å². The predicted molar refractivity (Wildman–Crippen MR) is 93.9 cm³/mol. The summed E-state index contributed by atoms with van der Waals surface area (Å²) in [6.45, 7) is 1.96. The van der Waals surface area contributed by atoms with E-state index in [1.54, 1.807) is 38.7 Å². The van der Waals surface area contributed by atoms with Crippen LogP contribution in [0.1, 0.15) is 21.5 Å². The van der Waals surface area contributed by atoms with E-state index in [-0.39, 0.29) is 5.78 Å². The highest BCUT2D eigenvalue weighted by Gasteiger charge is 2.14. The summed E-state index contributed by atoms with van der Waals surface area (Å²) in [5.41, 5.74) is 3.08. The minimum absolute atomic E-state index is 0.0630. The van der Waals surface area contributed by atoms with E-state index in [9.17, 15) is 4.79 Å². The van der Waals surface area contributed by atoms with Crippen LogP contribution < -0.4 is 9.47 Å². The molecule has 3 rings (SSSR count). The largest absolute Gasteiger partial charge is 0.495 e. The zero-order valence-electron chi connectivity index (χ0n) is 13.8. The second-order valence-corrected chi connectivity index (χ2v) is 5.43. The van der Waals surface area contributed by atoms with E-state index in [1.807, 2.05) is 31.2 Å². The predicted octanol–water partition coefficient (Wildman–Crippen LogP) is 4.65. The number of benzene rings is 2. The van der Waals surface area contributed by atoms with Crippen molar-refractivity contribution in [1.29, 1.82) is 0 Å². The molecule has 0 saturated heterocycles. The van der Waals surface area contributed by atoms with Gasteiger partial charge in [0.25, 0.3) is 0 Å². The molecule has 0 saturated carbocycles. The molecule has 0 N–H and O–H groups in total. The van der Waals surface area contributed by atoms with Crippen LogP contribution in [-0.4, -0.2) is 20.0 Å². The molecule has 0 amide bonds. The van der Waals surface area contributed by atoms with E-state index in [0.29, 0.717) is 22.6 Å². The number of ether oxygens (including phenoxy) is 2. The Labute approximate surface area is 140 Å². The Kier molecular flexibility index (Phi) is 4.38. The van der Waals surface area contributed by atoms with Crippen LogP contribution in [-0.2, 0) is 0 Å². The van der Waals surface area contributed by atoms with Gasteiger partial charge in [-0.05, 0) is 37.3 Å². The molecule has 4 nitrogen and oxygen atoms in total. The van der Waals surface area contributed by atoms with Crippen molar-refractivity contribution in [2.75, 3.05) is 14.2 Å². The van der Waals surface area contributed by atoms with Crippen molar-refractivity contribution < 1.29 is 18.7 Å². The van der Waals surface area contributed by atoms with E-state index in [0.717, 1.165) is 16.5 Å². The fourth-order valence-electron chi connectivity index (χ4n) is 2.67. The van der Waals surface area contributed by atoms with E-state index < -0.39 is 0 Å². The third-order valence-electron chi connectivity index (χ3n) is 3.82. The number of fused-ring (bicyclic) bond motifs is 1. The smallest absolute Gasteiger partial charge is 0.185 e. The molecule has 0 aliphatic heterocycles. The summed E-state index contributed by atoms with van der Waals surface area (Å²) in [6.07, 6.45) is 4.86. The molecule has 0 atom stereocenters. The quantitative estimate of drug-likeness (QED) is 0.506. The Balaban J connectivity index is 2.01. The third kappa shape index (κ3) is 2.91. The van der Waals surface area contributed by atoms with Crippen LogP contribution in [0.3, 0.4) is 0 Å². The fourth-order valence-corrected chi connectivity index (χ4v) is 2.67. The average molecular weight is 322 g/mol. The second kappa shape index (κ2) is 6.62. The Hall–Kier alpha value is -3.01. The first kappa shape index (κ1) is 15.9. The zero-order chi connectivity index (χ0) is 17.1. The summed E-state index contributed by atoms with van der Waals surface area (Å²) in [6, 6.07) is 11.1. The van der Waals surface area contributed by atoms with Crippen LogP contribution in [0.2, 0.25) is 0 Å². The minimum Gasteiger partial charge on any atom is -0.495 e. The Bertz CT molecular complexity index is 919. The van der Waals surface area contributed by atoms with Gasteiger partial charge in [0.1, 0.15) is 5.75 Å². The van der Waals surface area contributed by atoms with Crippen molar-refractivity contribution in [3.63, 3.8) is 0 Å². The molecule has 4 heteroatoms. The van der Waals surface area contributed by atoms with Gasteiger partial charge < -0.3 is 13.9 Å². The van der Waals surface area contributed by atoms with Crippen LogP contribution in [0.25, 0.3) is 17.0 Å². The fraction of sp³-hybridized carbons (Fsp3) is 0.150. The van der Waals surface area contributed by atoms with Gasteiger partial charge in [0.2, 0.25) is 0 Å². The lowest BCUT2D eigenvalue weighted by molar-refractivity contribution is 0.104. The summed E-state index contributed by atoms with van der Waals surface area (Å²) in [5.74, 6) is 1.18. The third-order valence-corrected chi connectivity index (χ3v) is 3.82. The minimum atomic E-state index is -0.0630. The highest BCUT2D eigenvalue weighted by molar-refractivity contribution is 6.07. The van der Waals surface area contributed by atoms with Crippen LogP contribution in [0.4, 0.5) is 0 Å². The van der Waals surface area contributed by atoms with Crippen LogP contribution in [0.5, 0.6) is 11.5 Å². The molecular weight excluding hydrogens is 304 g/mol. The molecule has 0 fully saturated rings. The summed E-state index contributed by atoms with van der Waals surface area (Å²) in [4.78, 5) is 12.4. The summed E-state index contributed by atoms with van der Waals surface area (Å²) in [7, 11) is 3.17. The lowest BCUT2D eigenvalue weighted by Gasteiger charge is -2.09. The number of ketones is 1. The first-order valence-electron chi connectivity index (χ1n) is 7.55. The second-order valence-electron chi connectivity index (χ2n) is 5.43. The van der Waals surface area contributed by atoms with Crippen molar-refractivity contribution in [2.24, 2.45) is 0 Å². The maximum Gasteiger partial charge on any atom is 0.185 e. The van der Waals surface area contributed by atoms with Gasteiger partial charge in [0.05, 0.1) is 25.9 Å². The molecule has 1 aromatic heterocycles. The molecule has 1 heterocycles. The number of methoxy groups -OCH3 is 2. The molecular formula is C20H18O4. The summed E-state index contributed by atoms with van der Waals surface area (Å²) < 4.78 is 16.3. The summed E-state index contributed by atoms with van der Waals surface area (Å²) >= 11 is 0. The molecule has 24 heavy (non-hydrogen) atoms. The van der Waals surface area contributed by atoms with Gasteiger partial charge in [-0.25, -0.2) is 0 Å². The van der Waals surface area contributed by atoms with E-state index in [2.05, 4.69) is 0 Å². The van der Waals surface area contributed by atoms with Gasteiger partial charge in [0.15, 0.2) is 17.1 Å². The Morgan fingerprint density at radius 3 is 2.67 bits per heavy atom. The monoisotopic (exact) mass is 322 g/mol. The van der Waals surface area contributed by atoms with Crippen molar-refractivity contribution in [3.8, 4) is 11.5 Å². The topological polar surface area (TPSA) is 48.7 Å². The SMILES string of the molecule is COc1c(/C=C/C(=O)c2cccc(C)c2)cc(OC)c2occc12. The Morgan fingerprint density at radius 1 is 1.12 bits per heavy atom. The number of carbonyl (C=O) groups is 1. The van der Waals surface area contributed by atoms with Gasteiger partial charge in [-0.1, -0.05) is 23.8 Å². The van der Waals surface area contributed by atoms with E-state index in [1.165, 1.54) is 6.08 Å². The van der Waals surface area contributed by atoms with Gasteiger partial charge in [-0.3, -0.25) is 4.79 Å². The molecule has 122 valence electrons. The number of carbonyl (C=O) groups excluding carboxylic acids is 1. The number of rotatable bonds is 5. The summed E-state index contributed by atoms with van der Waals surface area (Å²) in [5, 5.41) is 0.805. The molecule has 3 aromatic rings. The number of hydrogen-bond acceptors (Lipinski definition) is 4. The maximum absolute atomic E-state index is 12.4. The molecule has 2 aromatic carbocycles. The Morgan fingerprint density at radius 2 is 1.96 bits per heavy atom. The number of hydrogen-bond donors (Lipinski definition) is 0. The normalized spacial score (nSPS) is 11.1. The van der Waals surface area contributed by atoms with Crippen molar-refractivity contribution >= 4 is 22.8 Å². The van der Waals surface area contributed by atoms with Crippen LogP contribution in [0, 0.1) is 6.92 Å². The van der Waals surface area contributed by atoms with Crippen molar-refractivity contribution in [3.05, 3.63) is 65.4 Å². The molecule has 0 aliphatic rings. The molecule has 0 radical (unpaired) electrons. The number of allylic oxidation sites excluding steroid dienone is 1. The first-order valence-corrected chi connectivity index (χ1v) is 7.55. The average Bonchev–Trinajstić information content (AvgIpc) is 3.08. The van der Waals surface area contributed by atoms with Gasteiger partial charge >= 0.3 is 0 Å². The number of aryl methyl sites for hydroxylation is 1. The maximum atomic E-state index is 12.4. The lowest BCUT2D eigenvalue weighted by atomic mass is 10.1. The standard InChI is InChI=1S/C20H18O4/c1-13-5-4-6-14(11-13)17(21)8-7-15-12-18(22-2)20-16(9-10-24-20)19(15)23-3/h4-12H,1-3H3/b8-7+. The van der Waals surface area contributed by atoms with Crippen LogP contribution in [0.15, 0.2) is 53.2 Å². The van der Waals surface area contributed by atoms with Crippen molar-refractivity contribution in [1.82, 2.24) is 0 Å². The number of furan rings is 1. The molecule has 0 bridgehead atoms. The van der Waals surface area contributed by atoms with E-state index in [4.69, 9.17) is 13.9 Å². The highest BCUT2D eigenvalue weighted by atomic mass is 16.5. The lowest BCUT2D eigenvalue weighted by Crippen LogP contribution is -1.95.